The quantitative estimate of drug-likeness (QED) is 0.680. The van der Waals surface area contributed by atoms with E-state index in [4.69, 9.17) is 0 Å². The van der Waals surface area contributed by atoms with E-state index in [-0.39, 0.29) is 23.9 Å². The van der Waals surface area contributed by atoms with Crippen LogP contribution < -0.4 is 0 Å². The van der Waals surface area contributed by atoms with E-state index in [0.717, 1.165) is 5.71 Å². The lowest BCUT2D eigenvalue weighted by molar-refractivity contribution is 0.365. The molecule has 0 aliphatic carbocycles. The van der Waals surface area contributed by atoms with Gasteiger partial charge in [-0.1, -0.05) is 13.8 Å². The molecule has 14 heavy (non-hydrogen) atoms. The average Bonchev–Trinajstić information content (AvgIpc) is 2.46. The first-order valence-corrected chi connectivity index (χ1v) is 4.83. The summed E-state index contributed by atoms with van der Waals surface area (Å²) >= 11 is 0. The molecule has 0 aromatic rings. The molecule has 0 aromatic heterocycles. The minimum atomic E-state index is -0.0116. The number of hydrogen-bond acceptors (Lipinski definition) is 4. The van der Waals surface area contributed by atoms with Crippen molar-refractivity contribution in [1.29, 1.82) is 0 Å². The number of rotatable bonds is 1. The number of dihydropyridines is 1. The first-order valence-electron chi connectivity index (χ1n) is 4.83. The third-order valence-electron chi connectivity index (χ3n) is 2.55. The summed E-state index contributed by atoms with van der Waals surface area (Å²) < 4.78 is 0. The lowest BCUT2D eigenvalue weighted by Gasteiger charge is -2.25. The van der Waals surface area contributed by atoms with Crippen LogP contribution in [0.1, 0.15) is 13.8 Å². The number of nitrogens with zero attached hydrogens (tertiary/aromatic N) is 3. The smallest absolute Gasteiger partial charge is 0.148 e. The van der Waals surface area contributed by atoms with Crippen molar-refractivity contribution in [3.8, 4) is 0 Å². The van der Waals surface area contributed by atoms with Gasteiger partial charge in [0.25, 0.3) is 0 Å². The summed E-state index contributed by atoms with van der Waals surface area (Å²) in [5.74, 6) is 0.537. The predicted octanol–water partition coefficient (Wildman–Crippen LogP) is 1.21. The second kappa shape index (κ2) is 3.12. The summed E-state index contributed by atoms with van der Waals surface area (Å²) in [6, 6.07) is -0.0116. The Balaban J connectivity index is 2.31. The summed E-state index contributed by atoms with van der Waals surface area (Å²) in [6.07, 6.45) is 3.60. The fraction of sp³-hybridized carbons (Fsp3) is 0.600. The number of aliphatic hydroxyl groups is 1. The van der Waals surface area contributed by atoms with Crippen LogP contribution in [0, 0.1) is 5.92 Å². The van der Waals surface area contributed by atoms with Crippen LogP contribution in [-0.4, -0.2) is 41.3 Å². The maximum Gasteiger partial charge on any atom is 0.148 e. The number of likely N-dealkylation sites (N-methyl/N-ethyl adjacent to an activating group) is 1. The highest BCUT2D eigenvalue weighted by Gasteiger charge is 2.32. The zero-order valence-electron chi connectivity index (χ0n) is 8.68. The third-order valence-corrected chi connectivity index (χ3v) is 2.55. The van der Waals surface area contributed by atoms with Crippen molar-refractivity contribution in [2.75, 3.05) is 7.05 Å². The van der Waals surface area contributed by atoms with E-state index in [1.54, 1.807) is 12.4 Å². The molecule has 4 heteroatoms. The van der Waals surface area contributed by atoms with Gasteiger partial charge >= 0.3 is 0 Å². The molecule has 0 radical (unpaired) electrons. The van der Waals surface area contributed by atoms with Crippen LogP contribution in [-0.2, 0) is 0 Å². The summed E-state index contributed by atoms with van der Waals surface area (Å²) in [5.41, 5.74) is 0.781. The molecule has 4 nitrogen and oxygen atoms in total. The number of hydrogen-bond donors (Lipinski definition) is 1. The molecular formula is C10H15N3O. The zero-order chi connectivity index (χ0) is 10.3. The molecule has 2 rings (SSSR count). The Hall–Kier alpha value is -1.32. The highest BCUT2D eigenvalue weighted by Crippen LogP contribution is 2.23. The van der Waals surface area contributed by atoms with Crippen LogP contribution in [0.4, 0.5) is 0 Å². The molecule has 0 aromatic carbocycles. The molecule has 0 spiro atoms. The second-order valence-corrected chi connectivity index (χ2v) is 4.06. The van der Waals surface area contributed by atoms with Gasteiger partial charge in [0, 0.05) is 7.05 Å². The van der Waals surface area contributed by atoms with E-state index >= 15 is 0 Å². The fourth-order valence-electron chi connectivity index (χ4n) is 1.77. The second-order valence-electron chi connectivity index (χ2n) is 4.06. The van der Waals surface area contributed by atoms with Gasteiger partial charge < -0.3 is 10.0 Å². The van der Waals surface area contributed by atoms with Crippen LogP contribution in [0.15, 0.2) is 21.8 Å². The van der Waals surface area contributed by atoms with Gasteiger partial charge in [-0.15, -0.1) is 0 Å². The monoisotopic (exact) mass is 193 g/mol. The third kappa shape index (κ3) is 1.31. The summed E-state index contributed by atoms with van der Waals surface area (Å²) in [6.45, 7) is 4.05. The number of fused-ring (bicyclic) bond motifs is 1. The van der Waals surface area contributed by atoms with Gasteiger partial charge in [-0.3, -0.25) is 9.98 Å². The summed E-state index contributed by atoms with van der Waals surface area (Å²) in [5, 5.41) is 9.71. The van der Waals surface area contributed by atoms with E-state index in [2.05, 4.69) is 9.98 Å². The van der Waals surface area contributed by atoms with Gasteiger partial charge in [0.05, 0.1) is 12.1 Å². The van der Waals surface area contributed by atoms with Gasteiger partial charge in [-0.2, -0.15) is 0 Å². The fourth-order valence-corrected chi connectivity index (χ4v) is 1.77. The summed E-state index contributed by atoms with van der Waals surface area (Å²) in [7, 11) is 1.95. The molecule has 1 N–H and O–H groups in total. The SMILES string of the molecule is CC(C)C1=NC2C(C=C1O)N=CN2C. The molecular weight excluding hydrogens is 178 g/mol. The van der Waals surface area contributed by atoms with E-state index in [9.17, 15) is 5.11 Å². The molecule has 2 heterocycles. The van der Waals surface area contributed by atoms with Crippen molar-refractivity contribution < 1.29 is 5.11 Å². The molecule has 0 saturated heterocycles. The highest BCUT2D eigenvalue weighted by atomic mass is 16.3. The Morgan fingerprint density at radius 1 is 1.50 bits per heavy atom. The van der Waals surface area contributed by atoms with E-state index in [0.29, 0.717) is 0 Å². The molecule has 2 atom stereocenters. The Morgan fingerprint density at radius 2 is 2.21 bits per heavy atom. The molecule has 0 fully saturated rings. The highest BCUT2D eigenvalue weighted by molar-refractivity contribution is 6.00. The normalized spacial score (nSPS) is 30.4. The molecule has 0 saturated carbocycles. The Morgan fingerprint density at radius 3 is 2.86 bits per heavy atom. The van der Waals surface area contributed by atoms with Gasteiger partial charge in [0.2, 0.25) is 0 Å². The van der Waals surface area contributed by atoms with Crippen molar-refractivity contribution >= 4 is 12.1 Å². The average molecular weight is 193 g/mol. The molecule has 0 bridgehead atoms. The Bertz CT molecular complexity index is 330. The molecule has 2 aliphatic rings. The maximum atomic E-state index is 9.71. The predicted molar refractivity (Wildman–Crippen MR) is 56.8 cm³/mol. The van der Waals surface area contributed by atoms with E-state index < -0.39 is 0 Å². The largest absolute Gasteiger partial charge is 0.506 e. The van der Waals surface area contributed by atoms with Gasteiger partial charge in [-0.05, 0) is 12.0 Å². The minimum Gasteiger partial charge on any atom is -0.506 e. The number of aliphatic hydroxyl groups excluding tert-OH is 1. The van der Waals surface area contributed by atoms with Crippen LogP contribution in [0.3, 0.4) is 0 Å². The van der Waals surface area contributed by atoms with E-state index in [1.807, 2.05) is 25.8 Å². The topological polar surface area (TPSA) is 48.2 Å². The molecule has 2 unspecified atom stereocenters. The van der Waals surface area contributed by atoms with Gasteiger partial charge in [-0.25, -0.2) is 0 Å². The first-order chi connectivity index (χ1) is 6.59. The van der Waals surface area contributed by atoms with Crippen LogP contribution in [0.2, 0.25) is 0 Å². The van der Waals surface area contributed by atoms with Crippen molar-refractivity contribution in [3.05, 3.63) is 11.8 Å². The van der Waals surface area contributed by atoms with E-state index in [1.165, 1.54) is 0 Å². The Kier molecular flexibility index (Phi) is 2.06. The van der Waals surface area contributed by atoms with Crippen LogP contribution in [0.25, 0.3) is 0 Å². The van der Waals surface area contributed by atoms with Gasteiger partial charge in [0.1, 0.15) is 18.0 Å². The lowest BCUT2D eigenvalue weighted by Crippen LogP contribution is -2.36. The number of allylic oxidation sites excluding steroid dienone is 1. The van der Waals surface area contributed by atoms with Crippen molar-refractivity contribution in [2.24, 2.45) is 15.9 Å². The molecule has 0 amide bonds. The van der Waals surface area contributed by atoms with Crippen molar-refractivity contribution in [3.63, 3.8) is 0 Å². The Labute approximate surface area is 83.7 Å². The lowest BCUT2D eigenvalue weighted by atomic mass is 10.0. The van der Waals surface area contributed by atoms with Crippen molar-refractivity contribution in [1.82, 2.24) is 4.90 Å². The van der Waals surface area contributed by atoms with Gasteiger partial charge in [0.15, 0.2) is 0 Å². The van der Waals surface area contributed by atoms with Crippen molar-refractivity contribution in [2.45, 2.75) is 26.1 Å². The zero-order valence-corrected chi connectivity index (χ0v) is 8.68. The minimum absolute atomic E-state index is 0.0116. The molecule has 76 valence electrons. The summed E-state index contributed by atoms with van der Waals surface area (Å²) in [4.78, 5) is 10.7. The van der Waals surface area contributed by atoms with Crippen LogP contribution >= 0.6 is 0 Å². The number of aliphatic imine (C=N–C) groups is 2. The van der Waals surface area contributed by atoms with Crippen LogP contribution in [0.5, 0.6) is 0 Å². The molecule has 2 aliphatic heterocycles. The standard InChI is InChI=1S/C10H15N3O/c1-6(2)9-8(14)4-7-10(12-9)13(3)5-11-7/h4-7,10,14H,1-3H3. The maximum absolute atomic E-state index is 9.71. The first kappa shape index (κ1) is 9.24.